The first kappa shape index (κ1) is 18.6. The molecule has 2 rings (SSSR count). The first-order chi connectivity index (χ1) is 11.4. The first-order valence-corrected chi connectivity index (χ1v) is 8.62. The van der Waals surface area contributed by atoms with Gasteiger partial charge in [-0.2, -0.15) is 0 Å². The lowest BCUT2D eigenvalue weighted by Crippen LogP contribution is -2.38. The van der Waals surface area contributed by atoms with Crippen molar-refractivity contribution >= 4 is 5.91 Å². The Morgan fingerprint density at radius 3 is 2.54 bits per heavy atom. The second-order valence-electron chi connectivity index (χ2n) is 7.29. The number of carbonyl (C=O) groups excluding carboxylic acids is 1. The zero-order valence-electron chi connectivity index (χ0n) is 15.2. The lowest BCUT2D eigenvalue weighted by molar-refractivity contribution is -0.122. The van der Waals surface area contributed by atoms with Crippen LogP contribution in [0.25, 0.3) is 0 Å². The molecule has 1 aromatic rings. The molecule has 2 atom stereocenters. The molecule has 0 heterocycles. The number of rotatable bonds is 7. The van der Waals surface area contributed by atoms with Gasteiger partial charge in [-0.1, -0.05) is 26.3 Å². The minimum absolute atomic E-state index is 0.0888. The summed E-state index contributed by atoms with van der Waals surface area (Å²) in [5.74, 6) is 1.82. The lowest BCUT2D eigenvalue weighted by Gasteiger charge is -2.27. The highest BCUT2D eigenvalue weighted by atomic mass is 16.5. The van der Waals surface area contributed by atoms with E-state index in [1.807, 2.05) is 18.2 Å². The van der Waals surface area contributed by atoms with Gasteiger partial charge in [0.2, 0.25) is 5.91 Å². The Morgan fingerprint density at radius 2 is 1.96 bits per heavy atom. The average Bonchev–Trinajstić information content (AvgIpc) is 2.97. The maximum absolute atomic E-state index is 12.2. The van der Waals surface area contributed by atoms with E-state index in [1.54, 1.807) is 14.2 Å². The maximum atomic E-state index is 12.2. The minimum Gasteiger partial charge on any atom is -0.493 e. The van der Waals surface area contributed by atoms with Gasteiger partial charge in [0.15, 0.2) is 11.5 Å². The Morgan fingerprint density at radius 1 is 1.25 bits per heavy atom. The number of nitrogens with one attached hydrogen (secondary N) is 1. The molecule has 0 aliphatic heterocycles. The van der Waals surface area contributed by atoms with E-state index < -0.39 is 0 Å². The van der Waals surface area contributed by atoms with Crippen LogP contribution in [0.4, 0.5) is 0 Å². The number of hydrogen-bond acceptors (Lipinski definition) is 4. The molecule has 5 nitrogen and oxygen atoms in total. The van der Waals surface area contributed by atoms with E-state index >= 15 is 0 Å². The molecule has 1 aliphatic carbocycles. The predicted octanol–water partition coefficient (Wildman–Crippen LogP) is 2.62. The van der Waals surface area contributed by atoms with Gasteiger partial charge in [0, 0.05) is 24.4 Å². The molecular weight excluding hydrogens is 304 g/mol. The van der Waals surface area contributed by atoms with Crippen LogP contribution in [0.3, 0.4) is 0 Å². The van der Waals surface area contributed by atoms with E-state index in [0.29, 0.717) is 30.4 Å². The molecule has 0 saturated heterocycles. The van der Waals surface area contributed by atoms with Crippen molar-refractivity contribution in [2.24, 2.45) is 11.7 Å². The third kappa shape index (κ3) is 4.41. The van der Waals surface area contributed by atoms with Gasteiger partial charge in [0.1, 0.15) is 0 Å². The summed E-state index contributed by atoms with van der Waals surface area (Å²) < 4.78 is 10.7. The van der Waals surface area contributed by atoms with E-state index in [2.05, 4.69) is 19.2 Å². The SMILES string of the molecule is COc1ccc(C(C)(C)CNC(=O)C[C@@H]2CCC[C@H]2N)cc1OC. The van der Waals surface area contributed by atoms with Crippen LogP contribution in [-0.4, -0.2) is 32.7 Å². The van der Waals surface area contributed by atoms with Crippen LogP contribution in [0.2, 0.25) is 0 Å². The molecule has 0 bridgehead atoms. The summed E-state index contributed by atoms with van der Waals surface area (Å²) in [6.07, 6.45) is 3.77. The van der Waals surface area contributed by atoms with E-state index in [-0.39, 0.29) is 17.4 Å². The number of amides is 1. The highest BCUT2D eigenvalue weighted by molar-refractivity contribution is 5.76. The Kier molecular flexibility index (Phi) is 6.10. The summed E-state index contributed by atoms with van der Waals surface area (Å²) in [4.78, 5) is 12.2. The molecule has 134 valence electrons. The molecule has 1 amide bonds. The molecule has 1 aliphatic rings. The molecule has 0 aromatic heterocycles. The normalized spacial score (nSPS) is 20.7. The van der Waals surface area contributed by atoms with E-state index in [0.717, 1.165) is 24.8 Å². The fourth-order valence-electron chi connectivity index (χ4n) is 3.31. The topological polar surface area (TPSA) is 73.6 Å². The lowest BCUT2D eigenvalue weighted by atomic mass is 9.84. The van der Waals surface area contributed by atoms with Crippen molar-refractivity contribution in [3.8, 4) is 11.5 Å². The zero-order chi connectivity index (χ0) is 17.7. The zero-order valence-corrected chi connectivity index (χ0v) is 15.2. The highest BCUT2D eigenvalue weighted by Gasteiger charge is 2.27. The molecule has 5 heteroatoms. The van der Waals surface area contributed by atoms with Crippen LogP contribution in [0, 0.1) is 5.92 Å². The second-order valence-corrected chi connectivity index (χ2v) is 7.29. The molecule has 0 radical (unpaired) electrons. The van der Waals surface area contributed by atoms with Crippen molar-refractivity contribution in [3.63, 3.8) is 0 Å². The summed E-state index contributed by atoms with van der Waals surface area (Å²) in [5, 5.41) is 3.07. The summed E-state index contributed by atoms with van der Waals surface area (Å²) in [6, 6.07) is 6.06. The Hall–Kier alpha value is -1.75. The van der Waals surface area contributed by atoms with Gasteiger partial charge in [0.25, 0.3) is 0 Å². The number of benzene rings is 1. The first-order valence-electron chi connectivity index (χ1n) is 8.62. The monoisotopic (exact) mass is 334 g/mol. The summed E-state index contributed by atoms with van der Waals surface area (Å²) in [7, 11) is 3.25. The smallest absolute Gasteiger partial charge is 0.220 e. The van der Waals surface area contributed by atoms with Gasteiger partial charge < -0.3 is 20.5 Å². The largest absolute Gasteiger partial charge is 0.493 e. The summed E-state index contributed by atoms with van der Waals surface area (Å²) in [5.41, 5.74) is 6.95. The number of hydrogen-bond donors (Lipinski definition) is 2. The average molecular weight is 334 g/mol. The van der Waals surface area contributed by atoms with Gasteiger partial charge in [-0.05, 0) is 36.5 Å². The van der Waals surface area contributed by atoms with Crippen molar-refractivity contribution in [2.75, 3.05) is 20.8 Å². The molecule has 1 fully saturated rings. The maximum Gasteiger partial charge on any atom is 0.220 e. The van der Waals surface area contributed by atoms with Crippen LogP contribution >= 0.6 is 0 Å². The fourth-order valence-corrected chi connectivity index (χ4v) is 3.31. The third-order valence-electron chi connectivity index (χ3n) is 5.06. The van der Waals surface area contributed by atoms with Gasteiger partial charge in [0.05, 0.1) is 14.2 Å². The number of methoxy groups -OCH3 is 2. The molecule has 3 N–H and O–H groups in total. The van der Waals surface area contributed by atoms with Crippen molar-refractivity contribution in [1.82, 2.24) is 5.32 Å². The quantitative estimate of drug-likeness (QED) is 0.804. The second kappa shape index (κ2) is 7.88. The predicted molar refractivity (Wildman–Crippen MR) is 95.5 cm³/mol. The summed E-state index contributed by atoms with van der Waals surface area (Å²) >= 11 is 0. The van der Waals surface area contributed by atoms with Gasteiger partial charge >= 0.3 is 0 Å². The molecule has 1 saturated carbocycles. The van der Waals surface area contributed by atoms with E-state index in [1.165, 1.54) is 0 Å². The van der Waals surface area contributed by atoms with Crippen molar-refractivity contribution in [3.05, 3.63) is 23.8 Å². The van der Waals surface area contributed by atoms with Crippen molar-refractivity contribution in [1.29, 1.82) is 0 Å². The number of carbonyl (C=O) groups is 1. The fraction of sp³-hybridized carbons (Fsp3) is 0.632. The van der Waals surface area contributed by atoms with Crippen molar-refractivity contribution < 1.29 is 14.3 Å². The van der Waals surface area contributed by atoms with Crippen LogP contribution in [0.15, 0.2) is 18.2 Å². The van der Waals surface area contributed by atoms with E-state index in [4.69, 9.17) is 15.2 Å². The van der Waals surface area contributed by atoms with E-state index in [9.17, 15) is 4.79 Å². The molecule has 24 heavy (non-hydrogen) atoms. The Balaban J connectivity index is 1.96. The van der Waals surface area contributed by atoms with Gasteiger partial charge in [-0.3, -0.25) is 4.79 Å². The molecule has 0 unspecified atom stereocenters. The Labute approximate surface area is 144 Å². The highest BCUT2D eigenvalue weighted by Crippen LogP contribution is 2.33. The van der Waals surface area contributed by atoms with Crippen LogP contribution in [-0.2, 0) is 10.2 Å². The summed E-state index contributed by atoms with van der Waals surface area (Å²) in [6.45, 7) is 4.79. The van der Waals surface area contributed by atoms with Gasteiger partial charge in [-0.25, -0.2) is 0 Å². The number of ether oxygens (including phenoxy) is 2. The molecule has 0 spiro atoms. The van der Waals surface area contributed by atoms with Crippen LogP contribution in [0.5, 0.6) is 11.5 Å². The standard InChI is InChI=1S/C19H30N2O3/c1-19(2,14-8-9-16(23-3)17(11-14)24-4)12-21-18(22)10-13-6-5-7-15(13)20/h8-9,11,13,15H,5-7,10,12,20H2,1-4H3,(H,21,22)/t13-,15+/m0/s1. The van der Waals surface area contributed by atoms with Crippen LogP contribution < -0.4 is 20.5 Å². The number of nitrogens with two attached hydrogens (primary N) is 1. The van der Waals surface area contributed by atoms with Crippen LogP contribution in [0.1, 0.15) is 45.1 Å². The third-order valence-corrected chi connectivity index (χ3v) is 5.06. The molecular formula is C19H30N2O3. The van der Waals surface area contributed by atoms with Gasteiger partial charge in [-0.15, -0.1) is 0 Å². The Bertz CT molecular complexity index is 572. The van der Waals surface area contributed by atoms with Crippen molar-refractivity contribution in [2.45, 2.75) is 51.0 Å². The molecule has 1 aromatic carbocycles. The minimum atomic E-state index is -0.201.